The van der Waals surface area contributed by atoms with Crippen LogP contribution in [0.15, 0.2) is 71.1 Å². The van der Waals surface area contributed by atoms with Crippen LogP contribution in [0.3, 0.4) is 0 Å². The molecule has 0 atom stereocenters. The van der Waals surface area contributed by atoms with Crippen LogP contribution >= 0.6 is 0 Å². The molecule has 3 aromatic carbocycles. The van der Waals surface area contributed by atoms with E-state index >= 15 is 0 Å². The second-order valence-corrected chi connectivity index (χ2v) is 6.78. The molecule has 0 bridgehead atoms. The summed E-state index contributed by atoms with van der Waals surface area (Å²) < 4.78 is 31.2. The summed E-state index contributed by atoms with van der Waals surface area (Å²) in [6, 6.07) is 21.8. The van der Waals surface area contributed by atoms with Gasteiger partial charge in [-0.05, 0) is 48.3 Å². The van der Waals surface area contributed by atoms with Gasteiger partial charge in [0.2, 0.25) is 5.69 Å². The third-order valence-electron chi connectivity index (χ3n) is 5.17. The molecule has 0 aliphatic carbocycles. The number of rotatable bonds is 1. The van der Waals surface area contributed by atoms with Crippen molar-refractivity contribution in [2.24, 2.45) is 7.05 Å². The van der Waals surface area contributed by atoms with E-state index in [2.05, 4.69) is 22.8 Å². The summed E-state index contributed by atoms with van der Waals surface area (Å²) in [5.41, 5.74) is 6.06. The maximum Gasteiger partial charge on any atom is 0.260 e. The monoisotopic (exact) mass is 341 g/mol. The highest BCUT2D eigenvalue weighted by atomic mass is 16.3. The lowest BCUT2D eigenvalue weighted by Gasteiger charge is -2.06. The number of hydrogen-bond acceptors (Lipinski definition) is 1. The molecule has 0 amide bonds. The molecule has 0 N–H and O–H groups in total. The van der Waals surface area contributed by atoms with E-state index in [0.29, 0.717) is 5.56 Å². The number of fused-ring (bicyclic) bond motifs is 5. The van der Waals surface area contributed by atoms with Gasteiger partial charge < -0.3 is 4.42 Å². The normalized spacial score (nSPS) is 13.8. The molecule has 5 aromatic rings. The van der Waals surface area contributed by atoms with Crippen molar-refractivity contribution in [3.63, 3.8) is 0 Å². The maximum absolute atomic E-state index is 7.66. The van der Waals surface area contributed by atoms with Gasteiger partial charge in [-0.1, -0.05) is 48.0 Å². The van der Waals surface area contributed by atoms with E-state index in [1.807, 2.05) is 50.4 Å². The van der Waals surface area contributed by atoms with Crippen LogP contribution in [-0.2, 0) is 7.05 Å². The standard InChI is InChI=1S/C24H20NO/c1-15-8-10-18(16(2)14-15)20-11-13-22-24(25(20)3)23-19-7-5-4-6-17(19)9-12-21(23)26-22/h4-14H,1-3H3/q+1/i1D3. The third-order valence-corrected chi connectivity index (χ3v) is 5.17. The van der Waals surface area contributed by atoms with Gasteiger partial charge >= 0.3 is 0 Å². The van der Waals surface area contributed by atoms with Crippen molar-refractivity contribution in [1.29, 1.82) is 0 Å². The molecule has 0 radical (unpaired) electrons. The Labute approximate surface area is 156 Å². The first-order valence-electron chi connectivity index (χ1n) is 10.2. The molecule has 0 fully saturated rings. The zero-order chi connectivity index (χ0) is 20.3. The lowest BCUT2D eigenvalue weighted by Crippen LogP contribution is -2.31. The van der Waals surface area contributed by atoms with Crippen LogP contribution in [0.1, 0.15) is 15.2 Å². The number of pyridine rings is 1. The van der Waals surface area contributed by atoms with Gasteiger partial charge in [-0.3, -0.25) is 0 Å². The lowest BCUT2D eigenvalue weighted by atomic mass is 10.0. The fourth-order valence-corrected chi connectivity index (χ4v) is 3.93. The minimum Gasteiger partial charge on any atom is -0.449 e. The molecule has 2 heterocycles. The molecule has 0 unspecified atom stereocenters. The molecular formula is C24H20NO+. The van der Waals surface area contributed by atoms with Crippen molar-refractivity contribution < 1.29 is 13.1 Å². The number of benzene rings is 3. The fraction of sp³-hybridized carbons (Fsp3) is 0.125. The molecule has 0 saturated carbocycles. The Morgan fingerprint density at radius 3 is 2.62 bits per heavy atom. The maximum atomic E-state index is 7.66. The highest BCUT2D eigenvalue weighted by Crippen LogP contribution is 2.34. The minimum absolute atomic E-state index is 0.363. The molecule has 26 heavy (non-hydrogen) atoms. The molecule has 126 valence electrons. The van der Waals surface area contributed by atoms with Crippen molar-refractivity contribution in [3.8, 4) is 11.3 Å². The molecule has 2 heteroatoms. The first-order valence-corrected chi connectivity index (χ1v) is 8.69. The Kier molecular flexibility index (Phi) is 2.56. The number of furan rings is 1. The lowest BCUT2D eigenvalue weighted by molar-refractivity contribution is -0.632. The van der Waals surface area contributed by atoms with E-state index in [1.54, 1.807) is 12.1 Å². The van der Waals surface area contributed by atoms with Crippen molar-refractivity contribution in [2.45, 2.75) is 13.8 Å². The van der Waals surface area contributed by atoms with E-state index in [9.17, 15) is 0 Å². The average Bonchev–Trinajstić information content (AvgIpc) is 3.08. The topological polar surface area (TPSA) is 17.0 Å². The van der Waals surface area contributed by atoms with Gasteiger partial charge in [0, 0.05) is 15.7 Å². The summed E-state index contributed by atoms with van der Waals surface area (Å²) >= 11 is 0. The van der Waals surface area contributed by atoms with E-state index in [4.69, 9.17) is 8.53 Å². The van der Waals surface area contributed by atoms with Crippen molar-refractivity contribution in [3.05, 3.63) is 77.9 Å². The van der Waals surface area contributed by atoms with Crippen LogP contribution in [0.5, 0.6) is 0 Å². The first kappa shape index (κ1) is 12.3. The van der Waals surface area contributed by atoms with Gasteiger partial charge in [0.15, 0.2) is 5.58 Å². The largest absolute Gasteiger partial charge is 0.449 e. The third kappa shape index (κ3) is 2.08. The van der Waals surface area contributed by atoms with Gasteiger partial charge in [-0.2, -0.15) is 4.57 Å². The number of nitrogens with zero attached hydrogens (tertiary/aromatic N) is 1. The summed E-state index contributed by atoms with van der Waals surface area (Å²) in [7, 11) is 2.03. The first-order chi connectivity index (χ1) is 13.8. The molecule has 2 aromatic heterocycles. The van der Waals surface area contributed by atoms with Crippen LogP contribution in [0.2, 0.25) is 0 Å². The van der Waals surface area contributed by atoms with Gasteiger partial charge in [-0.15, -0.1) is 0 Å². The highest BCUT2D eigenvalue weighted by molar-refractivity contribution is 6.16. The van der Waals surface area contributed by atoms with Crippen LogP contribution in [0.25, 0.3) is 44.1 Å². The van der Waals surface area contributed by atoms with Crippen LogP contribution in [0, 0.1) is 13.8 Å². The Hall–Kier alpha value is -3.13. The predicted molar refractivity (Wildman–Crippen MR) is 107 cm³/mol. The fourth-order valence-electron chi connectivity index (χ4n) is 3.93. The van der Waals surface area contributed by atoms with Crippen LogP contribution in [-0.4, -0.2) is 0 Å². The number of hydrogen-bond donors (Lipinski definition) is 0. The van der Waals surface area contributed by atoms with Crippen molar-refractivity contribution >= 4 is 32.8 Å². The van der Waals surface area contributed by atoms with E-state index in [-0.39, 0.29) is 0 Å². The van der Waals surface area contributed by atoms with E-state index in [1.165, 1.54) is 5.39 Å². The summed E-state index contributed by atoms with van der Waals surface area (Å²) in [6.45, 7) is -0.146. The van der Waals surface area contributed by atoms with Crippen molar-refractivity contribution in [1.82, 2.24) is 0 Å². The Morgan fingerprint density at radius 2 is 1.77 bits per heavy atom. The van der Waals surface area contributed by atoms with Gasteiger partial charge in [0.05, 0.1) is 0 Å². The summed E-state index contributed by atoms with van der Waals surface area (Å²) in [5, 5.41) is 3.43. The van der Waals surface area contributed by atoms with Crippen molar-refractivity contribution in [2.75, 3.05) is 0 Å². The van der Waals surface area contributed by atoms with E-state index in [0.717, 1.165) is 44.3 Å². The van der Waals surface area contributed by atoms with E-state index < -0.39 is 6.85 Å². The van der Waals surface area contributed by atoms with Gasteiger partial charge in [-0.25, -0.2) is 0 Å². The SMILES string of the molecule is [2H]C([2H])([2H])c1ccc(-c2ccc3oc4ccc5ccccc5c4c3[n+]2C)c(C)c1. The quantitative estimate of drug-likeness (QED) is 0.350. The second-order valence-electron chi connectivity index (χ2n) is 6.78. The highest BCUT2D eigenvalue weighted by Gasteiger charge is 2.22. The molecule has 0 aliphatic rings. The number of aromatic nitrogens is 1. The van der Waals surface area contributed by atoms with Crippen LogP contribution in [0.4, 0.5) is 0 Å². The van der Waals surface area contributed by atoms with Gasteiger partial charge in [0.1, 0.15) is 18.0 Å². The van der Waals surface area contributed by atoms with Crippen LogP contribution < -0.4 is 4.57 Å². The smallest absolute Gasteiger partial charge is 0.260 e. The second kappa shape index (κ2) is 5.43. The zero-order valence-electron chi connectivity index (χ0n) is 17.7. The molecule has 0 aliphatic heterocycles. The molecule has 5 rings (SSSR count). The summed E-state index contributed by atoms with van der Waals surface area (Å²) in [5.74, 6) is 0. The zero-order valence-corrected chi connectivity index (χ0v) is 14.7. The van der Waals surface area contributed by atoms with Gasteiger partial charge in [0.25, 0.3) is 5.52 Å². The Morgan fingerprint density at radius 1 is 0.923 bits per heavy atom. The predicted octanol–water partition coefficient (Wildman–Crippen LogP) is 5.85. The summed E-state index contributed by atoms with van der Waals surface area (Å²) in [6.07, 6.45) is 0. The molecule has 0 spiro atoms. The summed E-state index contributed by atoms with van der Waals surface area (Å²) in [4.78, 5) is 0. The average molecular weight is 341 g/mol. The molecule has 0 saturated heterocycles. The molecule has 2 nitrogen and oxygen atoms in total. The number of aryl methyl sites for hydroxylation is 3. The Balaban J connectivity index is 1.82. The molecular weight excluding hydrogens is 318 g/mol. The minimum atomic E-state index is -2.10. The Bertz CT molecular complexity index is 1410.